The Balaban J connectivity index is 1.73. The Kier molecular flexibility index (Phi) is 16.1. The van der Waals surface area contributed by atoms with Gasteiger partial charge in [-0.3, -0.25) is 0 Å². The first-order valence-electron chi connectivity index (χ1n) is 19.9. The first-order valence-corrected chi connectivity index (χ1v) is 20.3. The molecule has 1 aliphatic rings. The fourth-order valence-electron chi connectivity index (χ4n) is 7.67. The quantitative estimate of drug-likeness (QED) is 0.0361. The number of carbonyl (C=O) groups is 2. The highest BCUT2D eigenvalue weighted by Gasteiger charge is 2.42. The van der Waals surface area contributed by atoms with Gasteiger partial charge in [0.15, 0.2) is 4.77 Å². The summed E-state index contributed by atoms with van der Waals surface area (Å²) in [5.74, 6) is -1.76. The molecule has 2 aromatic carbocycles. The molecular formula is C43H63N5O5S. The first-order chi connectivity index (χ1) is 25.9. The SMILES string of the molecule is CCCCCCCCCCCCCCCc1c(N)cc(N)c(OC(C)C)c1C1C(C(=O)OC)=C(C)NC(Cn2c(=S)[nH]c3cc(C)ccc32)=C1C(=O)OC. The Morgan fingerprint density at radius 2 is 1.41 bits per heavy atom. The van der Waals surface area contributed by atoms with Crippen molar-refractivity contribution in [1.29, 1.82) is 0 Å². The Morgan fingerprint density at radius 1 is 0.833 bits per heavy atom. The minimum Gasteiger partial charge on any atom is -0.489 e. The number of nitrogens with zero attached hydrogens (tertiary/aromatic N) is 1. The lowest BCUT2D eigenvalue weighted by Crippen LogP contribution is -2.35. The molecular weight excluding hydrogens is 699 g/mol. The van der Waals surface area contributed by atoms with Crippen LogP contribution in [0.2, 0.25) is 0 Å². The largest absolute Gasteiger partial charge is 0.489 e. The number of aryl methyl sites for hydroxylation is 1. The molecule has 0 saturated carbocycles. The first kappa shape index (κ1) is 42.5. The third kappa shape index (κ3) is 10.5. The lowest BCUT2D eigenvalue weighted by atomic mass is 9.76. The molecule has 11 heteroatoms. The molecule has 296 valence electrons. The van der Waals surface area contributed by atoms with E-state index in [1.165, 1.54) is 78.4 Å². The highest BCUT2D eigenvalue weighted by molar-refractivity contribution is 7.71. The number of dihydropyridines is 1. The molecule has 0 radical (unpaired) electrons. The second-order valence-corrected chi connectivity index (χ2v) is 15.3. The van der Waals surface area contributed by atoms with Gasteiger partial charge in [-0.25, -0.2) is 9.59 Å². The van der Waals surface area contributed by atoms with Gasteiger partial charge in [0.05, 0.1) is 60.7 Å². The zero-order valence-electron chi connectivity index (χ0n) is 33.6. The number of methoxy groups -OCH3 is 2. The zero-order valence-corrected chi connectivity index (χ0v) is 34.4. The third-order valence-electron chi connectivity index (χ3n) is 10.4. The summed E-state index contributed by atoms with van der Waals surface area (Å²) in [6.45, 7) is 10.1. The van der Waals surface area contributed by atoms with Crippen LogP contribution in [0.15, 0.2) is 46.8 Å². The molecule has 0 amide bonds. The van der Waals surface area contributed by atoms with Crippen molar-refractivity contribution < 1.29 is 23.8 Å². The van der Waals surface area contributed by atoms with Gasteiger partial charge in [0.2, 0.25) is 0 Å². The minimum absolute atomic E-state index is 0.195. The molecule has 4 rings (SSSR count). The van der Waals surface area contributed by atoms with Crippen LogP contribution in [0.3, 0.4) is 0 Å². The van der Waals surface area contributed by atoms with Gasteiger partial charge in [-0.1, -0.05) is 90.0 Å². The van der Waals surface area contributed by atoms with Crippen LogP contribution in [0.1, 0.15) is 134 Å². The number of ether oxygens (including phenoxy) is 3. The van der Waals surface area contributed by atoms with Crippen LogP contribution in [-0.2, 0) is 32.0 Å². The average molecular weight is 762 g/mol. The monoisotopic (exact) mass is 761 g/mol. The van der Waals surface area contributed by atoms with E-state index in [-0.39, 0.29) is 23.8 Å². The number of aromatic amines is 1. The van der Waals surface area contributed by atoms with Crippen LogP contribution >= 0.6 is 12.2 Å². The van der Waals surface area contributed by atoms with Gasteiger partial charge in [0, 0.05) is 22.6 Å². The summed E-state index contributed by atoms with van der Waals surface area (Å²) in [6.07, 6.45) is 16.4. The van der Waals surface area contributed by atoms with E-state index in [9.17, 15) is 9.59 Å². The summed E-state index contributed by atoms with van der Waals surface area (Å²) in [6, 6.07) is 7.77. The Hall–Kier alpha value is -4.25. The Morgan fingerprint density at radius 3 is 1.98 bits per heavy atom. The minimum atomic E-state index is -0.959. The third-order valence-corrected chi connectivity index (χ3v) is 10.7. The highest BCUT2D eigenvalue weighted by Crippen LogP contribution is 2.49. The number of hydrogen-bond donors (Lipinski definition) is 4. The van der Waals surface area contributed by atoms with Gasteiger partial charge in [-0.2, -0.15) is 0 Å². The van der Waals surface area contributed by atoms with Crippen molar-refractivity contribution in [2.75, 3.05) is 25.7 Å². The van der Waals surface area contributed by atoms with Gasteiger partial charge >= 0.3 is 11.9 Å². The maximum atomic E-state index is 14.1. The van der Waals surface area contributed by atoms with Crippen LogP contribution in [0, 0.1) is 11.7 Å². The molecule has 1 aliphatic heterocycles. The number of aromatic nitrogens is 2. The molecule has 0 saturated heterocycles. The summed E-state index contributed by atoms with van der Waals surface area (Å²) in [5.41, 5.74) is 20.1. The predicted octanol–water partition coefficient (Wildman–Crippen LogP) is 9.85. The fraction of sp³-hybridized carbons (Fsp3) is 0.558. The van der Waals surface area contributed by atoms with Crippen molar-refractivity contribution in [2.45, 2.75) is 143 Å². The average Bonchev–Trinajstić information content (AvgIpc) is 3.43. The van der Waals surface area contributed by atoms with Gasteiger partial charge in [0.25, 0.3) is 0 Å². The molecule has 0 aliphatic carbocycles. The lowest BCUT2D eigenvalue weighted by Gasteiger charge is -2.34. The van der Waals surface area contributed by atoms with Gasteiger partial charge in [0.1, 0.15) is 5.75 Å². The molecule has 54 heavy (non-hydrogen) atoms. The number of esters is 2. The molecule has 6 N–H and O–H groups in total. The van der Waals surface area contributed by atoms with E-state index in [0.717, 1.165) is 41.4 Å². The van der Waals surface area contributed by atoms with Crippen molar-refractivity contribution in [3.05, 3.63) is 68.3 Å². The van der Waals surface area contributed by atoms with Crippen molar-refractivity contribution >= 4 is 46.6 Å². The fourth-order valence-corrected chi connectivity index (χ4v) is 7.95. The van der Waals surface area contributed by atoms with Crippen LogP contribution in [0.5, 0.6) is 5.75 Å². The molecule has 10 nitrogen and oxygen atoms in total. The molecule has 0 bridgehead atoms. The van der Waals surface area contributed by atoms with Crippen molar-refractivity contribution in [3.63, 3.8) is 0 Å². The maximum Gasteiger partial charge on any atom is 0.336 e. The number of nitrogens with one attached hydrogen (secondary N) is 2. The number of benzene rings is 2. The van der Waals surface area contributed by atoms with Crippen LogP contribution < -0.4 is 21.5 Å². The number of unbranched alkanes of at least 4 members (excludes halogenated alkanes) is 12. The number of fused-ring (bicyclic) bond motifs is 1. The zero-order chi connectivity index (χ0) is 39.4. The maximum absolute atomic E-state index is 14.1. The van der Waals surface area contributed by atoms with E-state index in [0.29, 0.717) is 45.3 Å². The molecule has 1 aromatic heterocycles. The smallest absolute Gasteiger partial charge is 0.336 e. The van der Waals surface area contributed by atoms with E-state index < -0.39 is 17.9 Å². The summed E-state index contributed by atoms with van der Waals surface area (Å²) in [5, 5.41) is 3.37. The van der Waals surface area contributed by atoms with E-state index >= 15 is 0 Å². The molecule has 0 fully saturated rings. The van der Waals surface area contributed by atoms with Gasteiger partial charge in [-0.05, 0) is 82.1 Å². The lowest BCUT2D eigenvalue weighted by molar-refractivity contribution is -0.137. The van der Waals surface area contributed by atoms with E-state index in [2.05, 4.69) is 17.2 Å². The number of carbonyl (C=O) groups excluding carboxylic acids is 2. The predicted molar refractivity (Wildman–Crippen MR) is 222 cm³/mol. The van der Waals surface area contributed by atoms with E-state index in [1.54, 1.807) is 13.0 Å². The summed E-state index contributed by atoms with van der Waals surface area (Å²) in [4.78, 5) is 31.2. The van der Waals surface area contributed by atoms with Crippen molar-refractivity contribution in [1.82, 2.24) is 14.9 Å². The van der Waals surface area contributed by atoms with Gasteiger partial charge in [-0.15, -0.1) is 0 Å². The normalized spacial score (nSPS) is 14.6. The summed E-state index contributed by atoms with van der Waals surface area (Å²) >= 11 is 5.78. The number of H-pyrrole nitrogens is 1. The standard InChI is InChI=1S/C43H63N5O5S/c1-8-9-10-11-12-13-14-15-16-17-18-19-20-21-30-31(44)25-32(45)40(53-27(2)3)37(30)39-36(41(49)51-6)29(5)46-34(38(39)42(50)52-7)26-48-35-23-22-28(4)24-33(35)47-43(48)54/h22-25,27,39,46H,8-21,26,44-45H2,1-7H3,(H,47,54). The summed E-state index contributed by atoms with van der Waals surface area (Å²) < 4.78 is 19.7. The highest BCUT2D eigenvalue weighted by atomic mass is 32.1. The molecule has 1 unspecified atom stereocenters. The number of allylic oxidation sites excluding steroid dienone is 2. The van der Waals surface area contributed by atoms with Crippen LogP contribution in [0.4, 0.5) is 11.4 Å². The van der Waals surface area contributed by atoms with Crippen molar-refractivity contribution in [2.24, 2.45) is 0 Å². The number of nitrogen functional groups attached to an aromatic ring is 2. The Labute approximate surface area is 327 Å². The molecule has 3 aromatic rings. The molecule has 1 atom stereocenters. The van der Waals surface area contributed by atoms with Gasteiger partial charge < -0.3 is 40.5 Å². The second-order valence-electron chi connectivity index (χ2n) is 14.9. The number of nitrogens with two attached hydrogens (primary N) is 2. The number of rotatable bonds is 21. The molecule has 0 spiro atoms. The van der Waals surface area contributed by atoms with Crippen molar-refractivity contribution in [3.8, 4) is 5.75 Å². The number of hydrogen-bond acceptors (Lipinski definition) is 9. The Bertz CT molecular complexity index is 1890. The number of imidazole rings is 1. The van der Waals surface area contributed by atoms with E-state index in [1.807, 2.05) is 43.5 Å². The van der Waals surface area contributed by atoms with Crippen LogP contribution in [0.25, 0.3) is 11.0 Å². The second kappa shape index (κ2) is 20.4. The summed E-state index contributed by atoms with van der Waals surface area (Å²) in [7, 11) is 2.67. The van der Waals surface area contributed by atoms with Crippen LogP contribution in [-0.4, -0.2) is 41.8 Å². The molecule has 2 heterocycles. The number of anilines is 2. The van der Waals surface area contributed by atoms with E-state index in [4.69, 9.17) is 37.9 Å². The topological polar surface area (TPSA) is 147 Å².